The quantitative estimate of drug-likeness (QED) is 0.828. The van der Waals surface area contributed by atoms with Gasteiger partial charge in [0.25, 0.3) is 5.91 Å². The molecule has 0 aliphatic rings. The molecule has 1 amide bonds. The maximum atomic E-state index is 12.4. The summed E-state index contributed by atoms with van der Waals surface area (Å²) >= 11 is 0. The SMILES string of the molecule is CCc1ccc([C@H](C)NC(=O)[C@H](CC)Oc2ccccc2)cc1. The van der Waals surface area contributed by atoms with Gasteiger partial charge in [0.05, 0.1) is 6.04 Å². The first kappa shape index (κ1) is 17.1. The average Bonchev–Trinajstić information content (AvgIpc) is 2.60. The van der Waals surface area contributed by atoms with E-state index in [-0.39, 0.29) is 11.9 Å². The fraction of sp³-hybridized carbons (Fsp3) is 0.350. The van der Waals surface area contributed by atoms with Gasteiger partial charge in [-0.15, -0.1) is 0 Å². The predicted molar refractivity (Wildman–Crippen MR) is 93.5 cm³/mol. The molecule has 122 valence electrons. The van der Waals surface area contributed by atoms with Crippen LogP contribution in [-0.2, 0) is 11.2 Å². The van der Waals surface area contributed by atoms with Crippen molar-refractivity contribution in [2.45, 2.75) is 45.8 Å². The van der Waals surface area contributed by atoms with E-state index >= 15 is 0 Å². The van der Waals surface area contributed by atoms with Gasteiger partial charge in [-0.05, 0) is 43.0 Å². The van der Waals surface area contributed by atoms with Gasteiger partial charge in [-0.1, -0.05) is 56.3 Å². The van der Waals surface area contributed by atoms with E-state index in [9.17, 15) is 4.79 Å². The zero-order valence-electron chi connectivity index (χ0n) is 14.1. The maximum Gasteiger partial charge on any atom is 0.261 e. The van der Waals surface area contributed by atoms with Crippen LogP contribution in [0.2, 0.25) is 0 Å². The van der Waals surface area contributed by atoms with E-state index in [1.807, 2.05) is 44.2 Å². The summed E-state index contributed by atoms with van der Waals surface area (Å²) in [5.74, 6) is 0.637. The molecule has 0 saturated heterocycles. The van der Waals surface area contributed by atoms with Gasteiger partial charge in [0.15, 0.2) is 6.10 Å². The van der Waals surface area contributed by atoms with Crippen LogP contribution in [-0.4, -0.2) is 12.0 Å². The van der Waals surface area contributed by atoms with Crippen LogP contribution >= 0.6 is 0 Å². The van der Waals surface area contributed by atoms with E-state index in [2.05, 4.69) is 36.5 Å². The zero-order valence-corrected chi connectivity index (χ0v) is 14.1. The number of hydrogen-bond donors (Lipinski definition) is 1. The minimum Gasteiger partial charge on any atom is -0.481 e. The first-order chi connectivity index (χ1) is 11.1. The molecule has 0 bridgehead atoms. The van der Waals surface area contributed by atoms with Gasteiger partial charge in [-0.3, -0.25) is 4.79 Å². The van der Waals surface area contributed by atoms with Gasteiger partial charge in [-0.25, -0.2) is 0 Å². The second kappa shape index (κ2) is 8.37. The fourth-order valence-electron chi connectivity index (χ4n) is 2.42. The molecule has 2 aromatic carbocycles. The van der Waals surface area contributed by atoms with Crippen LogP contribution in [0.4, 0.5) is 0 Å². The Labute approximate surface area is 138 Å². The van der Waals surface area contributed by atoms with Crippen LogP contribution in [0.5, 0.6) is 5.75 Å². The monoisotopic (exact) mass is 311 g/mol. The third-order valence-corrected chi connectivity index (χ3v) is 3.93. The molecule has 2 aromatic rings. The minimum absolute atomic E-state index is 0.0400. The molecule has 0 spiro atoms. The molecule has 0 aliphatic carbocycles. The molecular weight excluding hydrogens is 286 g/mol. The third kappa shape index (κ3) is 4.85. The summed E-state index contributed by atoms with van der Waals surface area (Å²) in [6.45, 7) is 6.08. The number of ether oxygens (including phenoxy) is 1. The number of aryl methyl sites for hydroxylation is 1. The van der Waals surface area contributed by atoms with Gasteiger partial charge >= 0.3 is 0 Å². The Hall–Kier alpha value is -2.29. The van der Waals surface area contributed by atoms with Crippen molar-refractivity contribution in [3.63, 3.8) is 0 Å². The van der Waals surface area contributed by atoms with Gasteiger partial charge in [0.2, 0.25) is 0 Å². The second-order valence-electron chi connectivity index (χ2n) is 5.65. The summed E-state index contributed by atoms with van der Waals surface area (Å²) in [5.41, 5.74) is 2.40. The highest BCUT2D eigenvalue weighted by molar-refractivity contribution is 5.81. The topological polar surface area (TPSA) is 38.3 Å². The highest BCUT2D eigenvalue weighted by atomic mass is 16.5. The maximum absolute atomic E-state index is 12.4. The molecule has 3 heteroatoms. The van der Waals surface area contributed by atoms with E-state index in [0.29, 0.717) is 6.42 Å². The second-order valence-corrected chi connectivity index (χ2v) is 5.65. The predicted octanol–water partition coefficient (Wildman–Crippen LogP) is 4.28. The van der Waals surface area contributed by atoms with E-state index in [1.54, 1.807) is 0 Å². The van der Waals surface area contributed by atoms with Crippen LogP contribution in [0.15, 0.2) is 54.6 Å². The molecule has 2 atom stereocenters. The Balaban J connectivity index is 1.97. The molecule has 1 N–H and O–H groups in total. The molecule has 0 aliphatic heterocycles. The van der Waals surface area contributed by atoms with Gasteiger partial charge in [0, 0.05) is 0 Å². The zero-order chi connectivity index (χ0) is 16.7. The molecule has 0 radical (unpaired) electrons. The van der Waals surface area contributed by atoms with E-state index in [4.69, 9.17) is 4.74 Å². The van der Waals surface area contributed by atoms with Gasteiger partial charge < -0.3 is 10.1 Å². The molecule has 0 aromatic heterocycles. The number of rotatable bonds is 7. The van der Waals surface area contributed by atoms with Crippen molar-refractivity contribution in [2.24, 2.45) is 0 Å². The van der Waals surface area contributed by atoms with Crippen LogP contribution in [0, 0.1) is 0 Å². The number of hydrogen-bond acceptors (Lipinski definition) is 2. The number of benzene rings is 2. The lowest BCUT2D eigenvalue weighted by atomic mass is 10.0. The summed E-state index contributed by atoms with van der Waals surface area (Å²) in [6, 6.07) is 17.8. The third-order valence-electron chi connectivity index (χ3n) is 3.93. The van der Waals surface area contributed by atoms with E-state index in [0.717, 1.165) is 17.7 Å². The summed E-state index contributed by atoms with van der Waals surface area (Å²) < 4.78 is 5.79. The average molecular weight is 311 g/mol. The summed E-state index contributed by atoms with van der Waals surface area (Å²) in [5, 5.41) is 3.04. The van der Waals surface area contributed by atoms with Crippen LogP contribution in [0.25, 0.3) is 0 Å². The Morgan fingerprint density at radius 3 is 2.26 bits per heavy atom. The molecule has 0 saturated carbocycles. The molecule has 3 nitrogen and oxygen atoms in total. The van der Waals surface area contributed by atoms with Gasteiger partial charge in [-0.2, -0.15) is 0 Å². The molecule has 2 rings (SSSR count). The lowest BCUT2D eigenvalue weighted by Crippen LogP contribution is -2.39. The largest absolute Gasteiger partial charge is 0.481 e. The van der Waals surface area contributed by atoms with Crippen molar-refractivity contribution >= 4 is 5.91 Å². The highest BCUT2D eigenvalue weighted by Gasteiger charge is 2.20. The normalized spacial score (nSPS) is 13.2. The summed E-state index contributed by atoms with van der Waals surface area (Å²) in [7, 11) is 0. The van der Waals surface area contributed by atoms with E-state index in [1.165, 1.54) is 5.56 Å². The highest BCUT2D eigenvalue weighted by Crippen LogP contribution is 2.16. The molecule has 0 fully saturated rings. The lowest BCUT2D eigenvalue weighted by Gasteiger charge is -2.21. The number of nitrogens with one attached hydrogen (secondary N) is 1. The molecular formula is C20H25NO2. The van der Waals surface area contributed by atoms with Gasteiger partial charge in [0.1, 0.15) is 5.75 Å². The first-order valence-electron chi connectivity index (χ1n) is 8.25. The number of amides is 1. The first-order valence-corrected chi connectivity index (χ1v) is 8.25. The van der Waals surface area contributed by atoms with Crippen LogP contribution in [0.3, 0.4) is 0 Å². The fourth-order valence-corrected chi connectivity index (χ4v) is 2.42. The van der Waals surface area contributed by atoms with Crippen molar-refractivity contribution < 1.29 is 9.53 Å². The van der Waals surface area contributed by atoms with Crippen molar-refractivity contribution in [3.8, 4) is 5.75 Å². The lowest BCUT2D eigenvalue weighted by molar-refractivity contribution is -0.128. The van der Waals surface area contributed by atoms with Crippen molar-refractivity contribution in [3.05, 3.63) is 65.7 Å². The molecule has 23 heavy (non-hydrogen) atoms. The number of para-hydroxylation sites is 1. The molecule has 0 unspecified atom stereocenters. The van der Waals surface area contributed by atoms with Crippen LogP contribution < -0.4 is 10.1 Å². The van der Waals surface area contributed by atoms with Crippen LogP contribution in [0.1, 0.15) is 44.4 Å². The van der Waals surface area contributed by atoms with Crippen molar-refractivity contribution in [1.29, 1.82) is 0 Å². The van der Waals surface area contributed by atoms with E-state index < -0.39 is 6.10 Å². The summed E-state index contributed by atoms with van der Waals surface area (Å²) in [4.78, 5) is 12.4. The van der Waals surface area contributed by atoms with Crippen molar-refractivity contribution in [1.82, 2.24) is 5.32 Å². The smallest absolute Gasteiger partial charge is 0.261 e. The number of carbonyl (C=O) groups excluding carboxylic acids is 1. The Kier molecular flexibility index (Phi) is 6.21. The minimum atomic E-state index is -0.477. The van der Waals surface area contributed by atoms with Crippen molar-refractivity contribution in [2.75, 3.05) is 0 Å². The Morgan fingerprint density at radius 2 is 1.70 bits per heavy atom. The Bertz CT molecular complexity index is 607. The standard InChI is InChI=1S/C20H25NO2/c1-4-16-11-13-17(14-12-16)15(3)21-20(22)19(5-2)23-18-9-7-6-8-10-18/h6-15,19H,4-5H2,1-3H3,(H,21,22)/t15-,19-/m0/s1. The molecule has 0 heterocycles. The Morgan fingerprint density at radius 1 is 1.04 bits per heavy atom. The summed E-state index contributed by atoms with van der Waals surface area (Å²) in [6.07, 6.45) is 1.17. The number of carbonyl (C=O) groups is 1.